The van der Waals surface area contributed by atoms with Gasteiger partial charge in [-0.15, -0.1) is 0 Å². The highest BCUT2D eigenvalue weighted by Crippen LogP contribution is 2.07. The van der Waals surface area contributed by atoms with Gasteiger partial charge in [0.2, 0.25) is 0 Å². The second-order valence-electron chi connectivity index (χ2n) is 4.69. The molecule has 4 N–H and O–H groups in total. The fraction of sp³-hybridized carbons (Fsp3) is 0.818. The number of methoxy groups -OCH3 is 1. The van der Waals surface area contributed by atoms with Crippen LogP contribution in [-0.2, 0) is 9.53 Å². The summed E-state index contributed by atoms with van der Waals surface area (Å²) in [5, 5.41) is 23.2. The minimum atomic E-state index is -1.46. The van der Waals surface area contributed by atoms with Crippen LogP contribution in [0.3, 0.4) is 0 Å². The Bertz CT molecular complexity index is 281. The first-order valence-electron chi connectivity index (χ1n) is 5.71. The lowest BCUT2D eigenvalue weighted by Crippen LogP contribution is -2.46. The predicted molar refractivity (Wildman–Crippen MR) is 65.3 cm³/mol. The van der Waals surface area contributed by atoms with Gasteiger partial charge in [0.15, 0.2) is 0 Å². The third kappa shape index (κ3) is 8.77. The van der Waals surface area contributed by atoms with Gasteiger partial charge in [-0.1, -0.05) is 6.92 Å². The van der Waals surface area contributed by atoms with Gasteiger partial charge in [-0.3, -0.25) is 4.79 Å². The van der Waals surface area contributed by atoms with Gasteiger partial charge >= 0.3 is 12.0 Å². The van der Waals surface area contributed by atoms with Gasteiger partial charge in [-0.2, -0.15) is 0 Å². The summed E-state index contributed by atoms with van der Waals surface area (Å²) in [6.45, 7) is 4.14. The second-order valence-corrected chi connectivity index (χ2v) is 4.69. The minimum Gasteiger partial charge on any atom is -0.481 e. The van der Waals surface area contributed by atoms with Crippen molar-refractivity contribution in [3.8, 4) is 0 Å². The van der Waals surface area contributed by atoms with Crippen molar-refractivity contribution in [1.29, 1.82) is 0 Å². The summed E-state index contributed by atoms with van der Waals surface area (Å²) in [4.78, 5) is 21.8. The second kappa shape index (κ2) is 7.88. The van der Waals surface area contributed by atoms with Crippen LogP contribution in [0.25, 0.3) is 0 Å². The van der Waals surface area contributed by atoms with E-state index in [-0.39, 0.29) is 12.5 Å². The van der Waals surface area contributed by atoms with Crippen LogP contribution in [0.4, 0.5) is 4.79 Å². The first kappa shape index (κ1) is 16.7. The number of hydrogen-bond donors (Lipinski definition) is 4. The molecule has 0 aliphatic carbocycles. The lowest BCUT2D eigenvalue weighted by atomic mass is 10.0. The van der Waals surface area contributed by atoms with Crippen LogP contribution >= 0.6 is 0 Å². The maximum atomic E-state index is 11.4. The number of ether oxygens (including phenoxy) is 1. The van der Waals surface area contributed by atoms with Gasteiger partial charge in [0.05, 0.1) is 18.6 Å². The average Bonchev–Trinajstić information content (AvgIpc) is 2.22. The molecule has 18 heavy (non-hydrogen) atoms. The highest BCUT2D eigenvalue weighted by atomic mass is 16.5. The molecule has 0 aliphatic heterocycles. The van der Waals surface area contributed by atoms with Gasteiger partial charge in [0.25, 0.3) is 0 Å². The van der Waals surface area contributed by atoms with E-state index in [0.29, 0.717) is 13.2 Å². The topological polar surface area (TPSA) is 108 Å². The minimum absolute atomic E-state index is 0.121. The number of carbonyl (C=O) groups is 2. The summed E-state index contributed by atoms with van der Waals surface area (Å²) in [7, 11) is 1.58. The maximum absolute atomic E-state index is 11.4. The van der Waals surface area contributed by atoms with E-state index in [4.69, 9.17) is 9.84 Å². The number of rotatable bonds is 8. The van der Waals surface area contributed by atoms with E-state index in [0.717, 1.165) is 0 Å². The number of hydrogen-bond acceptors (Lipinski definition) is 4. The molecular weight excluding hydrogens is 240 g/mol. The summed E-state index contributed by atoms with van der Waals surface area (Å²) < 4.78 is 4.92. The predicted octanol–water partition coefficient (Wildman–Crippen LogP) is -0.206. The van der Waals surface area contributed by atoms with E-state index in [1.54, 1.807) is 7.11 Å². The molecule has 0 aromatic heterocycles. The van der Waals surface area contributed by atoms with Crippen LogP contribution in [0.1, 0.15) is 20.3 Å². The van der Waals surface area contributed by atoms with Crippen molar-refractivity contribution in [1.82, 2.24) is 10.6 Å². The van der Waals surface area contributed by atoms with Crippen molar-refractivity contribution in [2.45, 2.75) is 25.9 Å². The van der Waals surface area contributed by atoms with E-state index in [9.17, 15) is 14.7 Å². The van der Waals surface area contributed by atoms with E-state index < -0.39 is 24.0 Å². The molecule has 2 amide bonds. The average molecular weight is 262 g/mol. The highest BCUT2D eigenvalue weighted by Gasteiger charge is 2.24. The third-order valence-corrected chi connectivity index (χ3v) is 2.22. The smallest absolute Gasteiger partial charge is 0.314 e. The molecular formula is C11H22N2O5. The zero-order valence-electron chi connectivity index (χ0n) is 11.0. The number of nitrogens with one attached hydrogen (secondary N) is 2. The number of carbonyl (C=O) groups excluding carboxylic acids is 1. The molecule has 7 nitrogen and oxygen atoms in total. The van der Waals surface area contributed by atoms with Crippen LogP contribution in [0.5, 0.6) is 0 Å². The molecule has 0 aromatic carbocycles. The van der Waals surface area contributed by atoms with Crippen LogP contribution < -0.4 is 10.6 Å². The van der Waals surface area contributed by atoms with Gasteiger partial charge < -0.3 is 25.6 Å². The zero-order chi connectivity index (χ0) is 14.2. The molecule has 2 atom stereocenters. The summed E-state index contributed by atoms with van der Waals surface area (Å²) in [6, 6.07) is -0.441. The Morgan fingerprint density at radius 3 is 2.50 bits per heavy atom. The van der Waals surface area contributed by atoms with E-state index in [1.165, 1.54) is 6.92 Å². The Kier molecular flexibility index (Phi) is 7.30. The number of aliphatic hydroxyl groups is 1. The van der Waals surface area contributed by atoms with Crippen molar-refractivity contribution >= 4 is 12.0 Å². The summed E-state index contributed by atoms with van der Waals surface area (Å²) in [5.74, 6) is -0.934. The van der Waals surface area contributed by atoms with Gasteiger partial charge in [0, 0.05) is 20.2 Å². The van der Waals surface area contributed by atoms with Crippen molar-refractivity contribution in [2.75, 3.05) is 26.8 Å². The van der Waals surface area contributed by atoms with Crippen molar-refractivity contribution < 1.29 is 24.5 Å². The zero-order valence-corrected chi connectivity index (χ0v) is 11.0. The fourth-order valence-electron chi connectivity index (χ4n) is 1.33. The van der Waals surface area contributed by atoms with Crippen molar-refractivity contribution in [3.05, 3.63) is 0 Å². The Labute approximate surface area is 107 Å². The molecule has 7 heteroatoms. The molecule has 0 fully saturated rings. The molecule has 0 saturated carbocycles. The highest BCUT2D eigenvalue weighted by molar-refractivity contribution is 5.74. The number of amides is 2. The van der Waals surface area contributed by atoms with Crippen LogP contribution in [0, 0.1) is 5.92 Å². The maximum Gasteiger partial charge on any atom is 0.314 e. The molecule has 0 heterocycles. The Morgan fingerprint density at radius 1 is 1.39 bits per heavy atom. The lowest BCUT2D eigenvalue weighted by Gasteiger charge is -2.21. The first-order valence-corrected chi connectivity index (χ1v) is 5.71. The number of urea groups is 1. The molecule has 0 radical (unpaired) electrons. The summed E-state index contributed by atoms with van der Waals surface area (Å²) >= 11 is 0. The molecule has 0 aliphatic rings. The summed E-state index contributed by atoms with van der Waals surface area (Å²) in [5.41, 5.74) is -1.46. The van der Waals surface area contributed by atoms with E-state index in [1.807, 2.05) is 6.92 Å². The van der Waals surface area contributed by atoms with Gasteiger partial charge in [-0.05, 0) is 12.8 Å². The Hall–Kier alpha value is -1.34. The number of carboxylic acids is 1. The quantitative estimate of drug-likeness (QED) is 0.484. The molecule has 0 bridgehead atoms. The van der Waals surface area contributed by atoms with Crippen molar-refractivity contribution in [2.24, 2.45) is 5.92 Å². The monoisotopic (exact) mass is 262 g/mol. The normalized spacial score (nSPS) is 15.6. The largest absolute Gasteiger partial charge is 0.481 e. The molecule has 0 spiro atoms. The van der Waals surface area contributed by atoms with Gasteiger partial charge in [-0.25, -0.2) is 4.79 Å². The Morgan fingerprint density at radius 2 is 2.00 bits per heavy atom. The van der Waals surface area contributed by atoms with E-state index in [2.05, 4.69) is 10.6 Å². The van der Waals surface area contributed by atoms with Crippen LogP contribution in [0.15, 0.2) is 0 Å². The van der Waals surface area contributed by atoms with Gasteiger partial charge in [0.1, 0.15) is 0 Å². The van der Waals surface area contributed by atoms with Crippen LogP contribution in [0.2, 0.25) is 0 Å². The van der Waals surface area contributed by atoms with E-state index >= 15 is 0 Å². The molecule has 0 saturated heterocycles. The van der Waals surface area contributed by atoms with Crippen molar-refractivity contribution in [3.63, 3.8) is 0 Å². The molecule has 0 rings (SSSR count). The number of aliphatic carboxylic acids is 1. The molecule has 106 valence electrons. The number of carboxylic acid groups (broad SMARTS) is 1. The third-order valence-electron chi connectivity index (χ3n) is 2.22. The fourth-order valence-corrected chi connectivity index (χ4v) is 1.33. The first-order chi connectivity index (χ1) is 8.26. The van der Waals surface area contributed by atoms with Crippen LogP contribution in [-0.4, -0.2) is 54.6 Å². The molecule has 0 aromatic rings. The standard InChI is InChI=1S/C11H22N2O5/c1-8(6-18-3)5-12-10(16)13-7-11(2,17)4-9(14)15/h8,17H,4-7H2,1-3H3,(H,14,15)(H2,12,13,16). The Balaban J connectivity index is 3.85. The summed E-state index contributed by atoms with van der Waals surface area (Å²) in [6.07, 6.45) is -0.423. The lowest BCUT2D eigenvalue weighted by molar-refractivity contribution is -0.141. The molecule has 2 unspecified atom stereocenters. The SMILES string of the molecule is COCC(C)CNC(=O)NCC(C)(O)CC(=O)O.